The normalized spacial score (nSPS) is 22.4. The first kappa shape index (κ1) is 12.9. The van der Waals surface area contributed by atoms with Crippen molar-refractivity contribution in [2.24, 2.45) is 5.73 Å². The Balaban J connectivity index is 2.09. The highest BCUT2D eigenvalue weighted by atomic mass is 16.5. The third-order valence-electron chi connectivity index (χ3n) is 3.28. The Morgan fingerprint density at radius 2 is 2.20 bits per heavy atom. The average molecular weight is 214 g/mol. The molecule has 1 unspecified atom stereocenters. The van der Waals surface area contributed by atoms with Gasteiger partial charge in [0, 0.05) is 19.8 Å². The van der Waals surface area contributed by atoms with Crippen LogP contribution in [0.15, 0.2) is 0 Å². The Hall–Kier alpha value is -0.120. The summed E-state index contributed by atoms with van der Waals surface area (Å²) < 4.78 is 5.06. The van der Waals surface area contributed by atoms with E-state index in [1.165, 1.54) is 51.6 Å². The number of hydrogen-bond acceptors (Lipinski definition) is 3. The minimum Gasteiger partial charge on any atom is -0.385 e. The molecule has 1 rings (SSSR count). The molecule has 1 heterocycles. The Bertz CT molecular complexity index is 153. The summed E-state index contributed by atoms with van der Waals surface area (Å²) in [6.45, 7) is 4.29. The molecule has 0 radical (unpaired) electrons. The average Bonchev–Trinajstić information content (AvgIpc) is 2.69. The number of ether oxygens (including phenoxy) is 1. The van der Waals surface area contributed by atoms with Crippen LogP contribution in [0.4, 0.5) is 0 Å². The fraction of sp³-hybridized carbons (Fsp3) is 1.00. The number of hydrogen-bond donors (Lipinski definition) is 1. The number of rotatable bonds is 8. The molecule has 0 amide bonds. The van der Waals surface area contributed by atoms with Crippen molar-refractivity contribution >= 4 is 0 Å². The zero-order valence-corrected chi connectivity index (χ0v) is 10.1. The number of methoxy groups -OCH3 is 1. The minimum absolute atomic E-state index is 0.816. The van der Waals surface area contributed by atoms with Crippen molar-refractivity contribution in [3.63, 3.8) is 0 Å². The first-order valence-corrected chi connectivity index (χ1v) is 6.31. The van der Waals surface area contributed by atoms with E-state index in [4.69, 9.17) is 10.5 Å². The van der Waals surface area contributed by atoms with Crippen LogP contribution in [-0.2, 0) is 4.74 Å². The zero-order valence-electron chi connectivity index (χ0n) is 10.1. The Labute approximate surface area is 94.0 Å². The molecule has 1 fully saturated rings. The topological polar surface area (TPSA) is 38.5 Å². The van der Waals surface area contributed by atoms with Crippen LogP contribution in [0.3, 0.4) is 0 Å². The van der Waals surface area contributed by atoms with Gasteiger partial charge in [-0.25, -0.2) is 0 Å². The molecular formula is C12H26N2O. The van der Waals surface area contributed by atoms with E-state index in [0.29, 0.717) is 0 Å². The first-order chi connectivity index (χ1) is 7.38. The van der Waals surface area contributed by atoms with Crippen LogP contribution < -0.4 is 5.73 Å². The van der Waals surface area contributed by atoms with Gasteiger partial charge in [0.05, 0.1) is 0 Å². The molecule has 0 saturated carbocycles. The van der Waals surface area contributed by atoms with Crippen molar-refractivity contribution in [3.05, 3.63) is 0 Å². The molecule has 1 aliphatic rings. The molecular weight excluding hydrogens is 188 g/mol. The summed E-state index contributed by atoms with van der Waals surface area (Å²) in [7, 11) is 1.78. The summed E-state index contributed by atoms with van der Waals surface area (Å²) >= 11 is 0. The summed E-state index contributed by atoms with van der Waals surface area (Å²) in [5.74, 6) is 0. The van der Waals surface area contributed by atoms with Gasteiger partial charge in [0.2, 0.25) is 0 Å². The fourth-order valence-corrected chi connectivity index (χ4v) is 2.43. The molecule has 0 spiro atoms. The lowest BCUT2D eigenvalue weighted by molar-refractivity contribution is 0.179. The second kappa shape index (κ2) is 8.08. The van der Waals surface area contributed by atoms with Gasteiger partial charge in [-0.2, -0.15) is 0 Å². The maximum absolute atomic E-state index is 5.56. The zero-order chi connectivity index (χ0) is 10.9. The van der Waals surface area contributed by atoms with Crippen molar-refractivity contribution < 1.29 is 4.74 Å². The third kappa shape index (κ3) is 4.96. The Morgan fingerprint density at radius 3 is 2.93 bits per heavy atom. The van der Waals surface area contributed by atoms with Crippen molar-refractivity contribution in [2.45, 2.75) is 44.6 Å². The van der Waals surface area contributed by atoms with Gasteiger partial charge < -0.3 is 15.4 Å². The van der Waals surface area contributed by atoms with Crippen LogP contribution in [0, 0.1) is 0 Å². The predicted octanol–water partition coefficient (Wildman–Crippen LogP) is 1.62. The van der Waals surface area contributed by atoms with Gasteiger partial charge in [-0.1, -0.05) is 0 Å². The van der Waals surface area contributed by atoms with E-state index >= 15 is 0 Å². The molecule has 1 saturated heterocycles. The van der Waals surface area contributed by atoms with Crippen LogP contribution in [0.5, 0.6) is 0 Å². The second-order valence-corrected chi connectivity index (χ2v) is 4.46. The first-order valence-electron chi connectivity index (χ1n) is 6.31. The molecule has 3 nitrogen and oxygen atoms in total. The standard InChI is InChI=1S/C12H26N2O/c1-15-11-3-2-9-14-10-5-7-12(14)6-4-8-13/h12H,2-11,13H2,1H3. The summed E-state index contributed by atoms with van der Waals surface area (Å²) in [5.41, 5.74) is 5.56. The van der Waals surface area contributed by atoms with Crippen LogP contribution in [0.1, 0.15) is 38.5 Å². The van der Waals surface area contributed by atoms with Crippen molar-refractivity contribution in [1.29, 1.82) is 0 Å². The lowest BCUT2D eigenvalue weighted by Crippen LogP contribution is -2.30. The van der Waals surface area contributed by atoms with Gasteiger partial charge in [0.1, 0.15) is 0 Å². The van der Waals surface area contributed by atoms with Crippen molar-refractivity contribution in [1.82, 2.24) is 4.90 Å². The number of nitrogens with two attached hydrogens (primary N) is 1. The molecule has 0 aromatic rings. The van der Waals surface area contributed by atoms with E-state index in [9.17, 15) is 0 Å². The molecule has 0 aromatic carbocycles. The third-order valence-corrected chi connectivity index (χ3v) is 3.28. The van der Waals surface area contributed by atoms with Gasteiger partial charge in [0.25, 0.3) is 0 Å². The monoisotopic (exact) mass is 214 g/mol. The molecule has 0 aromatic heterocycles. The molecule has 2 N–H and O–H groups in total. The summed E-state index contributed by atoms with van der Waals surface area (Å²) in [4.78, 5) is 2.64. The van der Waals surface area contributed by atoms with Crippen molar-refractivity contribution in [2.75, 3.05) is 33.4 Å². The summed E-state index contributed by atoms with van der Waals surface area (Å²) in [5, 5.41) is 0. The highest BCUT2D eigenvalue weighted by Gasteiger charge is 2.22. The van der Waals surface area contributed by atoms with Gasteiger partial charge in [-0.3, -0.25) is 0 Å². The highest BCUT2D eigenvalue weighted by molar-refractivity contribution is 4.78. The molecule has 0 aliphatic carbocycles. The van der Waals surface area contributed by atoms with Gasteiger partial charge in [0.15, 0.2) is 0 Å². The minimum atomic E-state index is 0.816. The predicted molar refractivity (Wildman–Crippen MR) is 64.0 cm³/mol. The Morgan fingerprint density at radius 1 is 1.33 bits per heavy atom. The molecule has 3 heteroatoms. The summed E-state index contributed by atoms with van der Waals surface area (Å²) in [6, 6.07) is 0.816. The molecule has 0 bridgehead atoms. The smallest absolute Gasteiger partial charge is 0.0462 e. The van der Waals surface area contributed by atoms with Crippen LogP contribution >= 0.6 is 0 Å². The van der Waals surface area contributed by atoms with Gasteiger partial charge in [-0.15, -0.1) is 0 Å². The van der Waals surface area contributed by atoms with E-state index in [0.717, 1.165) is 19.2 Å². The number of unbranched alkanes of at least 4 members (excludes halogenated alkanes) is 1. The lowest BCUT2D eigenvalue weighted by atomic mass is 10.1. The van der Waals surface area contributed by atoms with E-state index in [1.807, 2.05) is 0 Å². The highest BCUT2D eigenvalue weighted by Crippen LogP contribution is 2.21. The molecule has 15 heavy (non-hydrogen) atoms. The SMILES string of the molecule is COCCCCN1CCCC1CCCN. The quantitative estimate of drug-likeness (QED) is 0.624. The van der Waals surface area contributed by atoms with Gasteiger partial charge in [-0.05, 0) is 58.2 Å². The van der Waals surface area contributed by atoms with E-state index in [-0.39, 0.29) is 0 Å². The van der Waals surface area contributed by atoms with Crippen LogP contribution in [0.2, 0.25) is 0 Å². The maximum Gasteiger partial charge on any atom is 0.0462 e. The van der Waals surface area contributed by atoms with E-state index in [1.54, 1.807) is 7.11 Å². The lowest BCUT2D eigenvalue weighted by Gasteiger charge is -2.24. The molecule has 90 valence electrons. The van der Waals surface area contributed by atoms with Crippen LogP contribution in [-0.4, -0.2) is 44.3 Å². The maximum atomic E-state index is 5.56. The number of nitrogens with zero attached hydrogens (tertiary/aromatic N) is 1. The second-order valence-electron chi connectivity index (χ2n) is 4.46. The largest absolute Gasteiger partial charge is 0.385 e. The molecule has 1 atom stereocenters. The van der Waals surface area contributed by atoms with E-state index in [2.05, 4.69) is 4.90 Å². The summed E-state index contributed by atoms with van der Waals surface area (Å²) in [6.07, 6.45) is 7.69. The fourth-order valence-electron chi connectivity index (χ4n) is 2.43. The van der Waals surface area contributed by atoms with E-state index < -0.39 is 0 Å². The number of likely N-dealkylation sites (tertiary alicyclic amines) is 1. The van der Waals surface area contributed by atoms with Crippen molar-refractivity contribution in [3.8, 4) is 0 Å². The van der Waals surface area contributed by atoms with Gasteiger partial charge >= 0.3 is 0 Å². The Kier molecular flexibility index (Phi) is 6.98. The van der Waals surface area contributed by atoms with Crippen LogP contribution in [0.25, 0.3) is 0 Å². The molecule has 1 aliphatic heterocycles.